The zero-order chi connectivity index (χ0) is 21.6. The quantitative estimate of drug-likeness (QED) is 0.302. The van der Waals surface area contributed by atoms with Crippen LogP contribution in [-0.4, -0.2) is 47.5 Å². The van der Waals surface area contributed by atoms with Gasteiger partial charge in [0.15, 0.2) is 0 Å². The minimum Gasteiger partial charge on any atom is -0.444 e. The number of carbonyl (C=O) groups excluding carboxylic acids is 1. The predicted molar refractivity (Wildman–Crippen MR) is 118 cm³/mol. The zero-order valence-corrected chi connectivity index (χ0v) is 17.6. The van der Waals surface area contributed by atoms with Gasteiger partial charge < -0.3 is 9.64 Å². The van der Waals surface area contributed by atoms with E-state index in [4.69, 9.17) is 15.3 Å². The van der Waals surface area contributed by atoms with E-state index in [0.717, 1.165) is 16.8 Å². The van der Waals surface area contributed by atoms with Gasteiger partial charge in [-0.15, -0.1) is 0 Å². The Morgan fingerprint density at radius 1 is 1.03 bits per heavy atom. The van der Waals surface area contributed by atoms with Crippen molar-refractivity contribution in [2.75, 3.05) is 13.1 Å². The van der Waals surface area contributed by atoms with E-state index >= 15 is 0 Å². The van der Waals surface area contributed by atoms with E-state index in [9.17, 15) is 4.79 Å². The first-order chi connectivity index (χ1) is 14.4. The molecule has 7 nitrogen and oxygen atoms in total. The second-order valence-electron chi connectivity index (χ2n) is 8.26. The number of likely N-dealkylation sites (tertiary alicyclic amines) is 1. The normalized spacial score (nSPS) is 18.8. The first-order valence-electron chi connectivity index (χ1n) is 10.1. The van der Waals surface area contributed by atoms with Crippen LogP contribution in [-0.2, 0) is 4.74 Å². The molecule has 2 aromatic rings. The summed E-state index contributed by atoms with van der Waals surface area (Å²) in [6.45, 7) is 6.28. The molecular weight excluding hydrogens is 378 g/mol. The third-order valence-corrected chi connectivity index (χ3v) is 4.79. The smallest absolute Gasteiger partial charge is 0.410 e. The molecule has 3 rings (SSSR count). The molecule has 0 spiro atoms. The molecule has 0 bridgehead atoms. The van der Waals surface area contributed by atoms with Gasteiger partial charge in [-0.1, -0.05) is 65.8 Å². The van der Waals surface area contributed by atoms with Gasteiger partial charge in [-0.25, -0.2) is 4.79 Å². The Hall–Kier alpha value is -3.31. The van der Waals surface area contributed by atoms with E-state index in [0.29, 0.717) is 13.0 Å². The molecule has 1 saturated heterocycles. The Morgan fingerprint density at radius 3 is 2.10 bits per heavy atom. The SMILES string of the molecule is CC(C)(C)OC(=O)N1CCC(N=C(c2ccccc2)c2ccccc2)C(N=[N+]=[N-])C1. The molecule has 0 saturated carbocycles. The van der Waals surface area contributed by atoms with Crippen LogP contribution in [0, 0.1) is 0 Å². The number of nitrogens with zero attached hydrogens (tertiary/aromatic N) is 5. The first kappa shape index (κ1) is 21.4. The number of benzene rings is 2. The van der Waals surface area contributed by atoms with Crippen LogP contribution >= 0.6 is 0 Å². The van der Waals surface area contributed by atoms with E-state index in [-0.39, 0.29) is 12.6 Å². The summed E-state index contributed by atoms with van der Waals surface area (Å²) in [5, 5.41) is 3.96. The van der Waals surface area contributed by atoms with Crippen molar-refractivity contribution in [3.05, 3.63) is 82.2 Å². The minimum absolute atomic E-state index is 0.227. The van der Waals surface area contributed by atoms with Crippen LogP contribution in [0.1, 0.15) is 38.3 Å². The van der Waals surface area contributed by atoms with Crippen molar-refractivity contribution in [3.8, 4) is 0 Å². The van der Waals surface area contributed by atoms with Gasteiger partial charge in [0, 0.05) is 29.1 Å². The Kier molecular flexibility index (Phi) is 6.75. The van der Waals surface area contributed by atoms with Crippen LogP contribution in [0.25, 0.3) is 10.4 Å². The number of hydrogen-bond donors (Lipinski definition) is 0. The fourth-order valence-electron chi connectivity index (χ4n) is 3.42. The Bertz CT molecular complexity index is 890. The van der Waals surface area contributed by atoms with Crippen molar-refractivity contribution >= 4 is 11.8 Å². The van der Waals surface area contributed by atoms with Crippen LogP contribution in [0.4, 0.5) is 4.79 Å². The van der Waals surface area contributed by atoms with Crippen molar-refractivity contribution in [2.24, 2.45) is 10.1 Å². The largest absolute Gasteiger partial charge is 0.444 e. The lowest BCUT2D eigenvalue weighted by atomic mass is 9.97. The number of piperidine rings is 1. The maximum Gasteiger partial charge on any atom is 0.410 e. The third kappa shape index (κ3) is 5.61. The summed E-state index contributed by atoms with van der Waals surface area (Å²) in [5.74, 6) is 0. The molecule has 1 amide bonds. The van der Waals surface area contributed by atoms with E-state index in [2.05, 4.69) is 10.0 Å². The fraction of sp³-hybridized carbons (Fsp3) is 0.391. The van der Waals surface area contributed by atoms with E-state index in [1.54, 1.807) is 4.90 Å². The molecule has 7 heteroatoms. The lowest BCUT2D eigenvalue weighted by molar-refractivity contribution is 0.0189. The minimum atomic E-state index is -0.576. The maximum absolute atomic E-state index is 12.5. The van der Waals surface area contributed by atoms with Gasteiger partial charge in [0.05, 0.1) is 17.8 Å². The van der Waals surface area contributed by atoms with Crippen LogP contribution in [0.15, 0.2) is 70.8 Å². The molecule has 2 unspecified atom stereocenters. The summed E-state index contributed by atoms with van der Waals surface area (Å²) < 4.78 is 5.48. The molecule has 0 aliphatic carbocycles. The Balaban J connectivity index is 1.89. The molecule has 1 fully saturated rings. The van der Waals surface area contributed by atoms with Crippen LogP contribution < -0.4 is 0 Å². The molecule has 0 radical (unpaired) electrons. The number of carbonyl (C=O) groups is 1. The average Bonchev–Trinajstić information content (AvgIpc) is 2.73. The topological polar surface area (TPSA) is 90.7 Å². The second-order valence-corrected chi connectivity index (χ2v) is 8.26. The molecule has 0 N–H and O–H groups in total. The van der Waals surface area contributed by atoms with Gasteiger partial charge >= 0.3 is 6.09 Å². The monoisotopic (exact) mass is 405 g/mol. The predicted octanol–water partition coefficient (Wildman–Crippen LogP) is 5.21. The second kappa shape index (κ2) is 9.46. The lowest BCUT2D eigenvalue weighted by Crippen LogP contribution is -2.49. The lowest BCUT2D eigenvalue weighted by Gasteiger charge is -2.36. The van der Waals surface area contributed by atoms with Crippen molar-refractivity contribution in [3.63, 3.8) is 0 Å². The van der Waals surface area contributed by atoms with Gasteiger partial charge in [-0.05, 0) is 32.7 Å². The number of aliphatic imine (C=N–C) groups is 1. The summed E-state index contributed by atoms with van der Waals surface area (Å²) in [6, 6.07) is 19.2. The van der Waals surface area contributed by atoms with Crippen molar-refractivity contribution in [1.29, 1.82) is 0 Å². The van der Waals surface area contributed by atoms with Crippen molar-refractivity contribution in [1.82, 2.24) is 4.90 Å². The summed E-state index contributed by atoms with van der Waals surface area (Å²) in [5.41, 5.74) is 11.4. The van der Waals surface area contributed by atoms with Gasteiger partial charge in [-0.3, -0.25) is 4.99 Å². The number of azide groups is 1. The number of hydrogen-bond acceptors (Lipinski definition) is 4. The number of rotatable bonds is 4. The maximum atomic E-state index is 12.5. The summed E-state index contributed by atoms with van der Waals surface area (Å²) >= 11 is 0. The Morgan fingerprint density at radius 2 is 1.60 bits per heavy atom. The first-order valence-corrected chi connectivity index (χ1v) is 10.1. The highest BCUT2D eigenvalue weighted by Crippen LogP contribution is 2.22. The molecule has 2 aromatic carbocycles. The van der Waals surface area contributed by atoms with Crippen molar-refractivity contribution in [2.45, 2.75) is 44.9 Å². The van der Waals surface area contributed by atoms with Gasteiger partial charge in [0.25, 0.3) is 0 Å². The summed E-state index contributed by atoms with van der Waals surface area (Å²) in [4.78, 5) is 22.1. The number of amides is 1. The van der Waals surface area contributed by atoms with E-state index in [1.165, 1.54) is 0 Å². The van der Waals surface area contributed by atoms with Gasteiger partial charge in [0.2, 0.25) is 0 Å². The molecule has 1 aliphatic heterocycles. The molecular formula is C23H27N5O2. The highest BCUT2D eigenvalue weighted by Gasteiger charge is 2.33. The fourth-order valence-corrected chi connectivity index (χ4v) is 3.42. The standard InChI is InChI=1S/C23H27N5O2/c1-23(2,3)30-22(29)28-15-14-19(20(16-28)26-27-24)25-21(17-10-6-4-7-11-17)18-12-8-5-9-13-18/h4-13,19-20H,14-16H2,1-3H3. The van der Waals surface area contributed by atoms with E-state index in [1.807, 2.05) is 81.4 Å². The van der Waals surface area contributed by atoms with Gasteiger partial charge in [-0.2, -0.15) is 0 Å². The average molecular weight is 406 g/mol. The Labute approximate surface area is 177 Å². The number of ether oxygens (including phenoxy) is 1. The van der Waals surface area contributed by atoms with Crippen LogP contribution in [0.3, 0.4) is 0 Å². The molecule has 1 aliphatic rings. The zero-order valence-electron chi connectivity index (χ0n) is 17.6. The third-order valence-electron chi connectivity index (χ3n) is 4.79. The van der Waals surface area contributed by atoms with Crippen molar-refractivity contribution < 1.29 is 9.53 Å². The molecule has 1 heterocycles. The molecule has 30 heavy (non-hydrogen) atoms. The van der Waals surface area contributed by atoms with E-state index < -0.39 is 17.7 Å². The van der Waals surface area contributed by atoms with Crippen LogP contribution in [0.5, 0.6) is 0 Å². The van der Waals surface area contributed by atoms with Gasteiger partial charge in [0.1, 0.15) is 5.60 Å². The molecule has 156 valence electrons. The molecule has 2 atom stereocenters. The summed E-state index contributed by atoms with van der Waals surface area (Å²) in [7, 11) is 0. The highest BCUT2D eigenvalue weighted by molar-refractivity contribution is 6.13. The molecule has 0 aromatic heterocycles. The highest BCUT2D eigenvalue weighted by atomic mass is 16.6. The summed E-state index contributed by atoms with van der Waals surface area (Å²) in [6.07, 6.45) is 0.195. The van der Waals surface area contributed by atoms with Crippen LogP contribution in [0.2, 0.25) is 0 Å².